The molecule has 0 aliphatic heterocycles. The van der Waals surface area contributed by atoms with Crippen LogP contribution < -0.4 is 14.8 Å². The van der Waals surface area contributed by atoms with Crippen molar-refractivity contribution in [1.82, 2.24) is 0 Å². The quantitative estimate of drug-likeness (QED) is 0.454. The van der Waals surface area contributed by atoms with E-state index in [0.717, 1.165) is 6.07 Å². The van der Waals surface area contributed by atoms with Gasteiger partial charge in [0.05, 0.1) is 12.0 Å². The molecule has 1 heterocycles. The van der Waals surface area contributed by atoms with Gasteiger partial charge in [0, 0.05) is 17.2 Å². The van der Waals surface area contributed by atoms with Crippen molar-refractivity contribution in [2.45, 2.75) is 6.61 Å². The number of rotatable bonds is 7. The van der Waals surface area contributed by atoms with Crippen LogP contribution >= 0.6 is 11.6 Å². The monoisotopic (exact) mass is 402 g/mol. The van der Waals surface area contributed by atoms with E-state index in [1.165, 1.54) is 18.2 Å². The summed E-state index contributed by atoms with van der Waals surface area (Å²) in [4.78, 5) is 22.8. The molecule has 8 nitrogen and oxygen atoms in total. The summed E-state index contributed by atoms with van der Waals surface area (Å²) in [5.74, 6) is 1.02. The van der Waals surface area contributed by atoms with Crippen LogP contribution in [0.15, 0.2) is 59.0 Å². The Bertz CT molecular complexity index is 1020. The molecule has 0 spiro atoms. The van der Waals surface area contributed by atoms with Crippen LogP contribution in [-0.4, -0.2) is 17.9 Å². The first-order valence-corrected chi connectivity index (χ1v) is 8.45. The van der Waals surface area contributed by atoms with Gasteiger partial charge in [-0.05, 0) is 36.4 Å². The van der Waals surface area contributed by atoms with Crippen molar-refractivity contribution in [3.8, 4) is 11.5 Å². The highest BCUT2D eigenvalue weighted by atomic mass is 35.5. The third-order valence-corrected chi connectivity index (χ3v) is 3.95. The Morgan fingerprint density at radius 1 is 1.18 bits per heavy atom. The zero-order valence-electron chi connectivity index (χ0n) is 14.7. The highest BCUT2D eigenvalue weighted by molar-refractivity contribution is 6.31. The van der Waals surface area contributed by atoms with Gasteiger partial charge in [0.15, 0.2) is 5.76 Å². The molecule has 0 aliphatic carbocycles. The minimum absolute atomic E-state index is 0.00603. The number of carbonyl (C=O) groups excluding carboxylic acids is 1. The lowest BCUT2D eigenvalue weighted by Gasteiger charge is -2.06. The Balaban J connectivity index is 1.66. The van der Waals surface area contributed by atoms with Crippen LogP contribution in [-0.2, 0) is 6.61 Å². The van der Waals surface area contributed by atoms with Crippen molar-refractivity contribution >= 4 is 28.9 Å². The van der Waals surface area contributed by atoms with Gasteiger partial charge < -0.3 is 19.2 Å². The van der Waals surface area contributed by atoms with Crippen molar-refractivity contribution in [2.24, 2.45) is 0 Å². The number of amides is 1. The second kappa shape index (κ2) is 8.45. The number of methoxy groups -OCH3 is 1. The summed E-state index contributed by atoms with van der Waals surface area (Å²) in [6.45, 7) is 0.0988. The molecule has 9 heteroatoms. The largest absolute Gasteiger partial charge is 0.497 e. The van der Waals surface area contributed by atoms with Crippen LogP contribution in [0.1, 0.15) is 16.3 Å². The van der Waals surface area contributed by atoms with Crippen molar-refractivity contribution in [1.29, 1.82) is 0 Å². The van der Waals surface area contributed by atoms with Gasteiger partial charge in [-0.2, -0.15) is 0 Å². The van der Waals surface area contributed by atoms with Crippen LogP contribution in [0.3, 0.4) is 0 Å². The van der Waals surface area contributed by atoms with E-state index in [0.29, 0.717) is 17.3 Å². The van der Waals surface area contributed by atoms with Gasteiger partial charge in [-0.3, -0.25) is 14.9 Å². The molecule has 0 fully saturated rings. The lowest BCUT2D eigenvalue weighted by atomic mass is 10.2. The topological polar surface area (TPSA) is 104 Å². The minimum atomic E-state index is -0.628. The van der Waals surface area contributed by atoms with Gasteiger partial charge >= 0.3 is 0 Å². The summed E-state index contributed by atoms with van der Waals surface area (Å²) < 4.78 is 16.2. The number of hydrogen-bond acceptors (Lipinski definition) is 6. The maximum absolute atomic E-state index is 12.3. The molecule has 1 amide bonds. The number of nitrogens with zero attached hydrogens (tertiary/aromatic N) is 1. The maximum atomic E-state index is 12.3. The van der Waals surface area contributed by atoms with Crippen molar-refractivity contribution in [2.75, 3.05) is 12.4 Å². The third kappa shape index (κ3) is 4.60. The number of halogens is 1. The van der Waals surface area contributed by atoms with E-state index in [1.807, 2.05) is 0 Å². The highest BCUT2D eigenvalue weighted by Crippen LogP contribution is 2.28. The predicted molar refractivity (Wildman–Crippen MR) is 102 cm³/mol. The Morgan fingerprint density at radius 2 is 1.96 bits per heavy atom. The number of carbonyl (C=O) groups is 1. The fourth-order valence-electron chi connectivity index (χ4n) is 2.37. The molecule has 3 rings (SSSR count). The van der Waals surface area contributed by atoms with E-state index < -0.39 is 10.8 Å². The second-order valence-corrected chi connectivity index (χ2v) is 6.04. The molecular weight excluding hydrogens is 388 g/mol. The summed E-state index contributed by atoms with van der Waals surface area (Å²) in [5.41, 5.74) is -0.293. The highest BCUT2D eigenvalue weighted by Gasteiger charge is 2.19. The number of nitro groups is 1. The van der Waals surface area contributed by atoms with E-state index >= 15 is 0 Å². The molecule has 0 bridgehead atoms. The number of nitro benzene ring substituents is 1. The third-order valence-electron chi connectivity index (χ3n) is 3.71. The van der Waals surface area contributed by atoms with E-state index in [1.54, 1.807) is 37.4 Å². The van der Waals surface area contributed by atoms with Crippen LogP contribution in [0.4, 0.5) is 11.4 Å². The number of benzene rings is 2. The van der Waals surface area contributed by atoms with E-state index in [4.69, 9.17) is 25.5 Å². The molecule has 0 unspecified atom stereocenters. The Kier molecular flexibility index (Phi) is 5.81. The van der Waals surface area contributed by atoms with Gasteiger partial charge in [0.2, 0.25) is 0 Å². The molecule has 0 radical (unpaired) electrons. The molecule has 144 valence electrons. The lowest BCUT2D eigenvalue weighted by Crippen LogP contribution is -2.12. The van der Waals surface area contributed by atoms with E-state index in [-0.39, 0.29) is 28.8 Å². The number of hydrogen-bond donors (Lipinski definition) is 1. The zero-order valence-corrected chi connectivity index (χ0v) is 15.4. The van der Waals surface area contributed by atoms with Crippen molar-refractivity contribution in [3.63, 3.8) is 0 Å². The van der Waals surface area contributed by atoms with Gasteiger partial charge in [-0.25, -0.2) is 0 Å². The normalized spacial score (nSPS) is 10.4. The Labute approximate surface area is 164 Å². The first-order chi connectivity index (χ1) is 13.5. The van der Waals surface area contributed by atoms with Gasteiger partial charge in [-0.15, -0.1) is 0 Å². The number of anilines is 1. The summed E-state index contributed by atoms with van der Waals surface area (Å²) >= 11 is 5.76. The SMILES string of the molecule is COc1cccc(OCc2ccc(C(=O)Nc3ccc(Cl)cc3[N+](=O)[O-])o2)c1. The number of ether oxygens (including phenoxy) is 2. The lowest BCUT2D eigenvalue weighted by molar-refractivity contribution is -0.383. The first kappa shape index (κ1) is 19.2. The summed E-state index contributed by atoms with van der Waals surface area (Å²) in [5, 5.41) is 13.7. The minimum Gasteiger partial charge on any atom is -0.497 e. The predicted octanol–water partition coefficient (Wildman–Crippen LogP) is 4.68. The van der Waals surface area contributed by atoms with Crippen molar-refractivity contribution < 1.29 is 23.6 Å². The molecule has 0 saturated carbocycles. The number of nitrogens with one attached hydrogen (secondary N) is 1. The standard InChI is InChI=1S/C19H15ClN2O6/c1-26-13-3-2-4-14(10-13)27-11-15-6-8-18(28-15)19(23)21-16-7-5-12(20)9-17(16)22(24)25/h2-10H,11H2,1H3,(H,21,23). The van der Waals surface area contributed by atoms with Crippen LogP contribution in [0.2, 0.25) is 5.02 Å². The van der Waals surface area contributed by atoms with Gasteiger partial charge in [0.25, 0.3) is 11.6 Å². The molecule has 3 aromatic rings. The van der Waals surface area contributed by atoms with E-state index in [2.05, 4.69) is 5.32 Å². The first-order valence-electron chi connectivity index (χ1n) is 8.07. The Hall–Kier alpha value is -3.52. The summed E-state index contributed by atoms with van der Waals surface area (Å²) in [6, 6.07) is 14.1. The molecule has 2 aromatic carbocycles. The average Bonchev–Trinajstić information content (AvgIpc) is 3.17. The Morgan fingerprint density at radius 3 is 2.71 bits per heavy atom. The van der Waals surface area contributed by atoms with E-state index in [9.17, 15) is 14.9 Å². The maximum Gasteiger partial charge on any atom is 0.294 e. The summed E-state index contributed by atoms with van der Waals surface area (Å²) in [6.07, 6.45) is 0. The average molecular weight is 403 g/mol. The molecule has 0 saturated heterocycles. The summed E-state index contributed by atoms with van der Waals surface area (Å²) in [7, 11) is 1.56. The van der Waals surface area contributed by atoms with Crippen LogP contribution in [0.5, 0.6) is 11.5 Å². The zero-order chi connectivity index (χ0) is 20.1. The van der Waals surface area contributed by atoms with Gasteiger partial charge in [0.1, 0.15) is 29.6 Å². The molecule has 1 aromatic heterocycles. The molecule has 0 atom stereocenters. The molecule has 1 N–H and O–H groups in total. The fourth-order valence-corrected chi connectivity index (χ4v) is 2.53. The van der Waals surface area contributed by atoms with Crippen molar-refractivity contribution in [3.05, 3.63) is 81.3 Å². The molecule has 0 aliphatic rings. The molecule has 28 heavy (non-hydrogen) atoms. The molecular formula is C19H15ClN2O6. The second-order valence-electron chi connectivity index (χ2n) is 5.61. The van der Waals surface area contributed by atoms with Gasteiger partial charge in [-0.1, -0.05) is 17.7 Å². The number of furan rings is 1. The van der Waals surface area contributed by atoms with Crippen LogP contribution in [0.25, 0.3) is 0 Å². The smallest absolute Gasteiger partial charge is 0.294 e. The van der Waals surface area contributed by atoms with Crippen LogP contribution in [0, 0.1) is 10.1 Å². The fraction of sp³-hybridized carbons (Fsp3) is 0.105.